The lowest BCUT2D eigenvalue weighted by Gasteiger charge is -2.30. The molecule has 2 aromatic carbocycles. The Hall–Kier alpha value is 1.31. The lowest BCUT2D eigenvalue weighted by Crippen LogP contribution is -2.40. The highest BCUT2D eigenvalue weighted by atomic mass is 127. The number of sulfone groups is 1. The van der Waals surface area contributed by atoms with Gasteiger partial charge in [-0.15, -0.1) is 0 Å². The van der Waals surface area contributed by atoms with Gasteiger partial charge in [-0.2, -0.15) is 0 Å². The van der Waals surface area contributed by atoms with Gasteiger partial charge in [-0.05, 0) is 151 Å². The Labute approximate surface area is 217 Å². The van der Waals surface area contributed by atoms with E-state index >= 15 is 0 Å². The molecule has 0 aliphatic carbocycles. The van der Waals surface area contributed by atoms with E-state index < -0.39 is 11.4 Å². The average Bonchev–Trinajstić information content (AvgIpc) is 2.53. The summed E-state index contributed by atoms with van der Waals surface area (Å²) in [5.41, 5.74) is 6.94. The van der Waals surface area contributed by atoms with E-state index in [2.05, 4.69) is 142 Å². The van der Waals surface area contributed by atoms with Crippen LogP contribution in [0.15, 0.2) is 36.4 Å². The fourth-order valence-electron chi connectivity index (χ4n) is 2.71. The van der Waals surface area contributed by atoms with E-state index in [0.717, 1.165) is 11.1 Å². The first-order valence-corrected chi connectivity index (χ1v) is 14.2. The second-order valence-electron chi connectivity index (χ2n) is 6.97. The van der Waals surface area contributed by atoms with Crippen LogP contribution < -0.4 is 0 Å². The van der Waals surface area contributed by atoms with Crippen LogP contribution in [0.3, 0.4) is 0 Å². The molecule has 0 saturated carbocycles. The van der Waals surface area contributed by atoms with E-state index in [9.17, 15) is 8.42 Å². The number of aryl methyl sites for hydroxylation is 4. The number of benzene rings is 2. The number of hydrogen-bond donors (Lipinski definition) is 0. The Morgan fingerprint density at radius 2 is 1.00 bits per heavy atom. The van der Waals surface area contributed by atoms with Crippen LogP contribution in [0.25, 0.3) is 0 Å². The van der Waals surface area contributed by atoms with Gasteiger partial charge in [-0.3, -0.25) is 0 Å². The van der Waals surface area contributed by atoms with E-state index in [1.165, 1.54) is 22.3 Å². The maximum absolute atomic E-state index is 13.6. The third kappa shape index (κ3) is 5.72. The standard InChI is InChI=1S/C20H22I4O2S/c1-13-5-7-17(9-15(13)3)11-19(21,22)27(25,26)20(23,24)12-18-8-6-14(2)16(4)10-18/h5-10H,11-12H2,1-4H3. The van der Waals surface area contributed by atoms with Crippen molar-refractivity contribution in [1.29, 1.82) is 0 Å². The van der Waals surface area contributed by atoms with Crippen LogP contribution in [-0.2, 0) is 22.7 Å². The first kappa shape index (κ1) is 24.6. The summed E-state index contributed by atoms with van der Waals surface area (Å²) in [6.45, 7) is 8.27. The summed E-state index contributed by atoms with van der Waals surface area (Å²) in [5.74, 6) is 0. The second kappa shape index (κ2) is 9.21. The van der Waals surface area contributed by atoms with Gasteiger partial charge in [0.15, 0.2) is 11.4 Å². The Bertz CT molecular complexity index is 879. The highest BCUT2D eigenvalue weighted by molar-refractivity contribution is 14.2. The Balaban J connectivity index is 2.31. The van der Waals surface area contributed by atoms with Gasteiger partial charge in [-0.25, -0.2) is 8.42 Å². The highest BCUT2D eigenvalue weighted by Crippen LogP contribution is 2.50. The van der Waals surface area contributed by atoms with E-state index in [4.69, 9.17) is 0 Å². The van der Waals surface area contributed by atoms with E-state index in [0.29, 0.717) is 12.8 Å². The van der Waals surface area contributed by atoms with Gasteiger partial charge >= 0.3 is 0 Å². The van der Waals surface area contributed by atoms with Gasteiger partial charge in [0, 0.05) is 12.8 Å². The van der Waals surface area contributed by atoms with Crippen molar-refractivity contribution >= 4 is 100 Å². The van der Waals surface area contributed by atoms with Crippen molar-refractivity contribution < 1.29 is 8.42 Å². The number of alkyl halides is 4. The molecule has 2 aromatic rings. The van der Waals surface area contributed by atoms with Gasteiger partial charge in [0.05, 0.1) is 0 Å². The van der Waals surface area contributed by atoms with Crippen LogP contribution in [0.2, 0.25) is 0 Å². The van der Waals surface area contributed by atoms with Crippen LogP contribution in [0.5, 0.6) is 0 Å². The molecule has 0 aliphatic heterocycles. The van der Waals surface area contributed by atoms with Crippen LogP contribution in [0.1, 0.15) is 33.4 Å². The SMILES string of the molecule is Cc1ccc(CC(I)(I)S(=O)(=O)C(I)(I)Cc2ccc(C)c(C)c2)cc1C. The van der Waals surface area contributed by atoms with Crippen LogP contribution in [0.4, 0.5) is 0 Å². The molecule has 0 fully saturated rings. The Morgan fingerprint density at radius 1 is 0.667 bits per heavy atom. The van der Waals surface area contributed by atoms with Crippen molar-refractivity contribution in [3.8, 4) is 0 Å². The maximum Gasteiger partial charge on any atom is 0.199 e. The summed E-state index contributed by atoms with van der Waals surface area (Å²) in [7, 11) is -3.43. The van der Waals surface area contributed by atoms with Crippen molar-refractivity contribution in [2.75, 3.05) is 0 Å². The molecule has 0 saturated heterocycles. The van der Waals surface area contributed by atoms with Crippen LogP contribution in [-0.4, -0.2) is 9.94 Å². The zero-order valence-electron chi connectivity index (χ0n) is 15.6. The Morgan fingerprint density at radius 3 is 1.30 bits per heavy atom. The van der Waals surface area contributed by atoms with E-state index in [1.807, 2.05) is 12.1 Å². The molecule has 148 valence electrons. The van der Waals surface area contributed by atoms with Crippen LogP contribution in [0, 0.1) is 27.7 Å². The highest BCUT2D eigenvalue weighted by Gasteiger charge is 2.51. The lowest BCUT2D eigenvalue weighted by atomic mass is 10.1. The van der Waals surface area contributed by atoms with Crippen molar-refractivity contribution in [3.63, 3.8) is 0 Å². The Kier molecular flexibility index (Phi) is 8.38. The second-order valence-corrected chi connectivity index (χ2v) is 23.8. The minimum absolute atomic E-state index is 0.484. The van der Waals surface area contributed by atoms with Gasteiger partial charge in [0.1, 0.15) is 0 Å². The molecule has 0 aliphatic rings. The molecule has 0 amide bonds. The minimum atomic E-state index is -3.43. The largest absolute Gasteiger partial charge is 0.224 e. The van der Waals surface area contributed by atoms with Gasteiger partial charge in [0.25, 0.3) is 0 Å². The summed E-state index contributed by atoms with van der Waals surface area (Å²) in [6, 6.07) is 12.4. The maximum atomic E-state index is 13.6. The fourth-order valence-corrected chi connectivity index (χ4v) is 15.2. The van der Waals surface area contributed by atoms with Crippen molar-refractivity contribution in [1.82, 2.24) is 0 Å². The molecule has 2 rings (SSSR count). The zero-order valence-corrected chi connectivity index (χ0v) is 25.1. The molecule has 2 nitrogen and oxygen atoms in total. The minimum Gasteiger partial charge on any atom is -0.224 e. The molecule has 27 heavy (non-hydrogen) atoms. The average molecular weight is 834 g/mol. The first-order chi connectivity index (χ1) is 12.3. The van der Waals surface area contributed by atoms with Crippen LogP contribution >= 0.6 is 90.4 Å². The third-order valence-electron chi connectivity index (χ3n) is 4.75. The monoisotopic (exact) mass is 834 g/mol. The smallest absolute Gasteiger partial charge is 0.199 e. The first-order valence-electron chi connectivity index (χ1n) is 8.39. The van der Waals surface area contributed by atoms with Crippen molar-refractivity contribution in [3.05, 3.63) is 69.8 Å². The third-order valence-corrected chi connectivity index (χ3v) is 15.1. The summed E-state index contributed by atoms with van der Waals surface area (Å²) in [6.07, 6.45) is 0.969. The summed E-state index contributed by atoms with van der Waals surface area (Å²) in [5, 5.41) is 0. The normalized spacial score (nSPS) is 13.0. The number of halogens is 4. The predicted octanol–water partition coefficient (Wildman–Crippen LogP) is 7.17. The summed E-state index contributed by atoms with van der Waals surface area (Å²) < 4.78 is 25.3. The number of hydrogen-bond acceptors (Lipinski definition) is 2. The molecule has 7 heteroatoms. The molecular formula is C20H22I4O2S. The molecule has 0 radical (unpaired) electrons. The summed E-state index contributed by atoms with van der Waals surface area (Å²) >= 11 is 8.45. The fraction of sp³-hybridized carbons (Fsp3) is 0.400. The molecule has 0 N–H and O–H groups in total. The van der Waals surface area contributed by atoms with Gasteiger partial charge < -0.3 is 0 Å². The van der Waals surface area contributed by atoms with Gasteiger partial charge in [-0.1, -0.05) is 36.4 Å². The lowest BCUT2D eigenvalue weighted by molar-refractivity contribution is 0.589. The molecule has 0 atom stereocenters. The van der Waals surface area contributed by atoms with E-state index in [-0.39, 0.29) is 0 Å². The quantitative estimate of drug-likeness (QED) is 0.229. The molecule has 0 heterocycles. The molecule has 0 aromatic heterocycles. The topological polar surface area (TPSA) is 34.1 Å². The predicted molar refractivity (Wildman–Crippen MR) is 150 cm³/mol. The van der Waals surface area contributed by atoms with E-state index in [1.54, 1.807) is 0 Å². The molecule has 0 unspecified atom stereocenters. The van der Waals surface area contributed by atoms with Crippen molar-refractivity contribution in [2.45, 2.75) is 42.1 Å². The summed E-state index contributed by atoms with van der Waals surface area (Å²) in [4.78, 5) is 0. The molecular weight excluding hydrogens is 812 g/mol. The van der Waals surface area contributed by atoms with Gasteiger partial charge in [0.2, 0.25) is 0 Å². The zero-order chi connectivity index (χ0) is 20.6. The molecule has 0 spiro atoms. The van der Waals surface area contributed by atoms with Crippen molar-refractivity contribution in [2.24, 2.45) is 0 Å². The molecule has 0 bridgehead atoms. The number of rotatable bonds is 6.